The van der Waals surface area contributed by atoms with Crippen molar-refractivity contribution in [2.75, 3.05) is 7.05 Å². The minimum absolute atomic E-state index is 0.0668. The molecular weight excluding hydrogens is 318 g/mol. The van der Waals surface area contributed by atoms with Crippen LogP contribution in [0.15, 0.2) is 72.8 Å². The average molecular weight is 338 g/mol. The van der Waals surface area contributed by atoms with Crippen LogP contribution in [0.3, 0.4) is 0 Å². The highest BCUT2D eigenvalue weighted by molar-refractivity contribution is 6.33. The smallest absolute Gasteiger partial charge is 0.128 e. The number of ether oxygens (including phenoxy) is 1. The molecule has 2 nitrogen and oxygen atoms in total. The van der Waals surface area contributed by atoms with Crippen molar-refractivity contribution in [3.05, 3.63) is 88.9 Å². The van der Waals surface area contributed by atoms with E-state index in [0.29, 0.717) is 0 Å². The number of rotatable bonds is 2. The number of halogens is 1. The monoisotopic (exact) mass is 337 g/mol. The molecule has 0 fully saturated rings. The summed E-state index contributed by atoms with van der Waals surface area (Å²) in [5.74, 6) is 0.942. The van der Waals surface area contributed by atoms with Crippen LogP contribution in [0.5, 0.6) is 5.75 Å². The standard InChI is InChI=1S/C20H15ClO.CH5N/c21-17-11-12-18-16(20(17)15-9-5-2-6-10-15)13-19(22-18)14-7-3-1-4-8-14;1-2/h1-12,19H,13H2;2H2,1H3. The molecule has 0 aromatic heterocycles. The van der Waals surface area contributed by atoms with Gasteiger partial charge in [-0.2, -0.15) is 0 Å². The Morgan fingerprint density at radius 3 is 2.17 bits per heavy atom. The molecule has 0 saturated heterocycles. The van der Waals surface area contributed by atoms with E-state index in [9.17, 15) is 0 Å². The topological polar surface area (TPSA) is 35.2 Å². The molecule has 122 valence electrons. The molecule has 0 radical (unpaired) electrons. The van der Waals surface area contributed by atoms with Gasteiger partial charge in [0.15, 0.2) is 0 Å². The summed E-state index contributed by atoms with van der Waals surface area (Å²) in [4.78, 5) is 0. The highest BCUT2D eigenvalue weighted by atomic mass is 35.5. The fourth-order valence-corrected chi connectivity index (χ4v) is 3.35. The maximum absolute atomic E-state index is 6.48. The second kappa shape index (κ2) is 7.52. The first-order valence-corrected chi connectivity index (χ1v) is 8.37. The van der Waals surface area contributed by atoms with Gasteiger partial charge in [0, 0.05) is 22.6 Å². The van der Waals surface area contributed by atoms with Crippen LogP contribution in [0.1, 0.15) is 17.2 Å². The van der Waals surface area contributed by atoms with Crippen LogP contribution in [-0.4, -0.2) is 7.05 Å². The molecule has 3 aromatic rings. The second-order valence-electron chi connectivity index (χ2n) is 5.49. The molecule has 3 aromatic carbocycles. The van der Waals surface area contributed by atoms with E-state index in [1.165, 1.54) is 18.2 Å². The summed E-state index contributed by atoms with van der Waals surface area (Å²) < 4.78 is 6.15. The maximum atomic E-state index is 6.48. The Morgan fingerprint density at radius 2 is 1.50 bits per heavy atom. The van der Waals surface area contributed by atoms with Crippen LogP contribution in [-0.2, 0) is 6.42 Å². The average Bonchev–Trinajstić information content (AvgIpc) is 3.09. The first-order chi connectivity index (χ1) is 11.8. The van der Waals surface area contributed by atoms with Gasteiger partial charge in [-0.25, -0.2) is 0 Å². The first kappa shape index (κ1) is 16.6. The van der Waals surface area contributed by atoms with Crippen molar-refractivity contribution in [2.45, 2.75) is 12.5 Å². The van der Waals surface area contributed by atoms with Crippen LogP contribution < -0.4 is 10.5 Å². The molecule has 1 unspecified atom stereocenters. The summed E-state index contributed by atoms with van der Waals surface area (Å²) in [6, 6.07) is 24.5. The van der Waals surface area contributed by atoms with Crippen LogP contribution in [0.25, 0.3) is 11.1 Å². The zero-order valence-corrected chi connectivity index (χ0v) is 14.3. The summed E-state index contributed by atoms with van der Waals surface area (Å²) in [6.07, 6.45) is 0.918. The van der Waals surface area contributed by atoms with E-state index in [4.69, 9.17) is 16.3 Å². The number of fused-ring (bicyclic) bond motifs is 1. The Morgan fingerprint density at radius 1 is 0.875 bits per heavy atom. The van der Waals surface area contributed by atoms with Crippen molar-refractivity contribution in [1.82, 2.24) is 0 Å². The first-order valence-electron chi connectivity index (χ1n) is 7.99. The number of hydrogen-bond acceptors (Lipinski definition) is 2. The largest absolute Gasteiger partial charge is 0.485 e. The van der Waals surface area contributed by atoms with Crippen molar-refractivity contribution in [3.8, 4) is 16.9 Å². The third-order valence-corrected chi connectivity index (χ3v) is 4.43. The Labute approximate surface area is 147 Å². The van der Waals surface area contributed by atoms with E-state index >= 15 is 0 Å². The predicted molar refractivity (Wildman–Crippen MR) is 101 cm³/mol. The number of benzene rings is 3. The fourth-order valence-electron chi connectivity index (χ4n) is 3.06. The van der Waals surface area contributed by atoms with Crippen molar-refractivity contribution in [1.29, 1.82) is 0 Å². The Balaban J connectivity index is 0.000000815. The van der Waals surface area contributed by atoms with Crippen molar-refractivity contribution in [3.63, 3.8) is 0 Å². The molecule has 0 aliphatic carbocycles. The lowest BCUT2D eigenvalue weighted by Gasteiger charge is -2.10. The fraction of sp³-hybridized carbons (Fsp3) is 0.143. The molecule has 1 aliphatic rings. The van der Waals surface area contributed by atoms with E-state index in [1.54, 1.807) is 0 Å². The third-order valence-electron chi connectivity index (χ3n) is 4.11. The normalized spacial score (nSPS) is 15.0. The summed E-state index contributed by atoms with van der Waals surface area (Å²) in [7, 11) is 1.50. The molecule has 0 spiro atoms. The molecule has 2 N–H and O–H groups in total. The van der Waals surface area contributed by atoms with Gasteiger partial charge in [-0.15, -0.1) is 0 Å². The predicted octanol–water partition coefficient (Wildman–Crippen LogP) is 5.26. The molecule has 0 saturated carbocycles. The van der Waals surface area contributed by atoms with Crippen LogP contribution in [0, 0.1) is 0 Å². The zero-order valence-electron chi connectivity index (χ0n) is 13.6. The van der Waals surface area contributed by atoms with E-state index in [0.717, 1.165) is 28.3 Å². The quantitative estimate of drug-likeness (QED) is 0.692. The lowest BCUT2D eigenvalue weighted by molar-refractivity contribution is 0.238. The molecule has 3 heteroatoms. The molecule has 0 amide bonds. The lowest BCUT2D eigenvalue weighted by Crippen LogP contribution is -2.02. The van der Waals surface area contributed by atoms with Gasteiger partial charge in [0.1, 0.15) is 11.9 Å². The van der Waals surface area contributed by atoms with Gasteiger partial charge in [0.05, 0.1) is 0 Å². The van der Waals surface area contributed by atoms with Crippen molar-refractivity contribution in [2.24, 2.45) is 5.73 Å². The highest BCUT2D eigenvalue weighted by Gasteiger charge is 2.28. The molecule has 4 rings (SSSR count). The van der Waals surface area contributed by atoms with E-state index in [1.807, 2.05) is 48.5 Å². The summed E-state index contributed by atoms with van der Waals surface area (Å²) >= 11 is 6.48. The minimum atomic E-state index is 0.0668. The van der Waals surface area contributed by atoms with Gasteiger partial charge < -0.3 is 10.5 Å². The molecule has 0 bridgehead atoms. The molecular formula is C21H20ClNO. The van der Waals surface area contributed by atoms with Crippen LogP contribution in [0.4, 0.5) is 0 Å². The van der Waals surface area contributed by atoms with Gasteiger partial charge in [0.25, 0.3) is 0 Å². The lowest BCUT2D eigenvalue weighted by atomic mass is 9.95. The molecule has 1 heterocycles. The maximum Gasteiger partial charge on any atom is 0.128 e. The third kappa shape index (κ3) is 3.16. The van der Waals surface area contributed by atoms with Gasteiger partial charge in [0.2, 0.25) is 0 Å². The van der Waals surface area contributed by atoms with Gasteiger partial charge >= 0.3 is 0 Å². The number of hydrogen-bond donors (Lipinski definition) is 1. The van der Waals surface area contributed by atoms with Crippen LogP contribution in [0.2, 0.25) is 5.02 Å². The Kier molecular flexibility index (Phi) is 5.19. The van der Waals surface area contributed by atoms with E-state index in [2.05, 4.69) is 30.0 Å². The molecule has 24 heavy (non-hydrogen) atoms. The van der Waals surface area contributed by atoms with Crippen molar-refractivity contribution >= 4 is 11.6 Å². The Bertz CT molecular complexity index is 803. The van der Waals surface area contributed by atoms with Gasteiger partial charge in [-0.05, 0) is 30.3 Å². The molecule has 1 aliphatic heterocycles. The molecule has 1 atom stereocenters. The SMILES string of the molecule is CN.Clc1ccc2c(c1-c1ccccc1)CC(c1ccccc1)O2. The highest BCUT2D eigenvalue weighted by Crippen LogP contribution is 2.44. The Hall–Kier alpha value is -2.29. The minimum Gasteiger partial charge on any atom is -0.485 e. The van der Waals surface area contributed by atoms with Crippen LogP contribution >= 0.6 is 11.6 Å². The van der Waals surface area contributed by atoms with E-state index < -0.39 is 0 Å². The second-order valence-corrected chi connectivity index (χ2v) is 5.89. The number of nitrogens with two attached hydrogens (primary N) is 1. The summed E-state index contributed by atoms with van der Waals surface area (Å²) in [5.41, 5.74) is 9.14. The summed E-state index contributed by atoms with van der Waals surface area (Å²) in [5, 5.41) is 0.780. The van der Waals surface area contributed by atoms with Gasteiger partial charge in [-0.3, -0.25) is 0 Å². The van der Waals surface area contributed by atoms with Gasteiger partial charge in [-0.1, -0.05) is 72.3 Å². The summed E-state index contributed by atoms with van der Waals surface area (Å²) in [6.45, 7) is 0. The van der Waals surface area contributed by atoms with Crippen molar-refractivity contribution < 1.29 is 4.74 Å². The zero-order chi connectivity index (χ0) is 16.9. The van der Waals surface area contributed by atoms with E-state index in [-0.39, 0.29) is 6.10 Å².